The van der Waals surface area contributed by atoms with Gasteiger partial charge in [0.05, 0.1) is 19.9 Å². The maximum atomic E-state index is 12.2. The van der Waals surface area contributed by atoms with Gasteiger partial charge in [0.15, 0.2) is 0 Å². The van der Waals surface area contributed by atoms with E-state index in [1.165, 1.54) is 0 Å². The van der Waals surface area contributed by atoms with Gasteiger partial charge in [0, 0.05) is 17.8 Å². The average Bonchev–Trinajstić information content (AvgIpc) is 2.47. The van der Waals surface area contributed by atoms with Gasteiger partial charge in [-0.2, -0.15) is 0 Å². The number of ether oxygens (including phenoxy) is 2. The Morgan fingerprint density at radius 1 is 1.20 bits per heavy atom. The van der Waals surface area contributed by atoms with Crippen LogP contribution in [0.3, 0.4) is 0 Å². The van der Waals surface area contributed by atoms with Gasteiger partial charge in [-0.15, -0.1) is 0 Å². The molecule has 1 heterocycles. The number of nitrogens with one attached hydrogen (secondary N) is 1. The lowest BCUT2D eigenvalue weighted by molar-refractivity contribution is 0.102. The molecule has 0 spiro atoms. The van der Waals surface area contributed by atoms with Crippen molar-refractivity contribution in [2.45, 2.75) is 0 Å². The van der Waals surface area contributed by atoms with Crippen molar-refractivity contribution in [3.63, 3.8) is 0 Å². The summed E-state index contributed by atoms with van der Waals surface area (Å²) >= 11 is 3.23. The van der Waals surface area contributed by atoms with Crippen LogP contribution < -0.4 is 14.8 Å². The molecule has 1 aromatic heterocycles. The van der Waals surface area contributed by atoms with E-state index in [1.807, 2.05) is 0 Å². The lowest BCUT2D eigenvalue weighted by Gasteiger charge is -2.11. The van der Waals surface area contributed by atoms with Crippen molar-refractivity contribution in [2.24, 2.45) is 0 Å². The summed E-state index contributed by atoms with van der Waals surface area (Å²) in [5.74, 6) is 0.948. The molecular formula is C14H13BrN2O3. The lowest BCUT2D eigenvalue weighted by atomic mass is 10.2. The Labute approximate surface area is 125 Å². The second-order valence-electron chi connectivity index (χ2n) is 3.89. The van der Waals surface area contributed by atoms with Crippen LogP contribution in [0.5, 0.6) is 11.5 Å². The number of hydrogen-bond donors (Lipinski definition) is 1. The number of nitrogens with zero attached hydrogens (tertiary/aromatic N) is 1. The van der Waals surface area contributed by atoms with Crippen LogP contribution in [0.25, 0.3) is 0 Å². The smallest absolute Gasteiger partial charge is 0.255 e. The number of carbonyl (C=O) groups excluding carboxylic acids is 1. The summed E-state index contributed by atoms with van der Waals surface area (Å²) in [6.07, 6.45) is 1.56. The number of pyridine rings is 1. The van der Waals surface area contributed by atoms with E-state index in [-0.39, 0.29) is 5.91 Å². The normalized spacial score (nSPS) is 9.95. The first-order valence-electron chi connectivity index (χ1n) is 5.79. The van der Waals surface area contributed by atoms with Crippen LogP contribution in [-0.2, 0) is 0 Å². The van der Waals surface area contributed by atoms with E-state index in [2.05, 4.69) is 26.2 Å². The fraction of sp³-hybridized carbons (Fsp3) is 0.143. The fourth-order valence-electron chi connectivity index (χ4n) is 1.65. The first-order chi connectivity index (χ1) is 9.63. The highest BCUT2D eigenvalue weighted by Gasteiger charge is 2.11. The maximum Gasteiger partial charge on any atom is 0.255 e. The molecule has 0 fully saturated rings. The Hall–Kier alpha value is -2.08. The van der Waals surface area contributed by atoms with E-state index >= 15 is 0 Å². The number of hydrogen-bond acceptors (Lipinski definition) is 4. The molecule has 2 aromatic rings. The van der Waals surface area contributed by atoms with Gasteiger partial charge >= 0.3 is 0 Å². The SMILES string of the molecule is COc1ccc(OC)c(NC(=O)c2ccnc(Br)c2)c1. The number of methoxy groups -OCH3 is 2. The molecule has 0 bridgehead atoms. The Kier molecular flexibility index (Phi) is 4.57. The van der Waals surface area contributed by atoms with Gasteiger partial charge < -0.3 is 14.8 Å². The number of rotatable bonds is 4. The van der Waals surface area contributed by atoms with Crippen molar-refractivity contribution < 1.29 is 14.3 Å². The molecule has 0 atom stereocenters. The van der Waals surface area contributed by atoms with Crippen LogP contribution in [-0.4, -0.2) is 25.1 Å². The van der Waals surface area contributed by atoms with Gasteiger partial charge in [-0.1, -0.05) is 0 Å². The van der Waals surface area contributed by atoms with Crippen molar-refractivity contribution >= 4 is 27.5 Å². The molecule has 0 aliphatic carbocycles. The largest absolute Gasteiger partial charge is 0.497 e. The fourth-order valence-corrected chi connectivity index (χ4v) is 2.01. The summed E-state index contributed by atoms with van der Waals surface area (Å²) in [6, 6.07) is 8.47. The monoisotopic (exact) mass is 336 g/mol. The molecule has 20 heavy (non-hydrogen) atoms. The van der Waals surface area contributed by atoms with Crippen molar-refractivity contribution in [2.75, 3.05) is 19.5 Å². The third-order valence-corrected chi connectivity index (χ3v) is 3.08. The zero-order chi connectivity index (χ0) is 14.5. The van der Waals surface area contributed by atoms with Crippen molar-refractivity contribution in [3.05, 3.63) is 46.7 Å². The first-order valence-corrected chi connectivity index (χ1v) is 6.58. The Morgan fingerprint density at radius 3 is 2.65 bits per heavy atom. The summed E-state index contributed by atoms with van der Waals surface area (Å²) in [5, 5.41) is 2.79. The molecule has 0 saturated heterocycles. The third kappa shape index (κ3) is 3.27. The van der Waals surface area contributed by atoms with Crippen LogP contribution in [0.15, 0.2) is 41.1 Å². The minimum Gasteiger partial charge on any atom is -0.497 e. The number of carbonyl (C=O) groups is 1. The third-order valence-electron chi connectivity index (χ3n) is 2.64. The van der Waals surface area contributed by atoms with Crippen LogP contribution in [0.4, 0.5) is 5.69 Å². The first kappa shape index (κ1) is 14.3. The molecular weight excluding hydrogens is 324 g/mol. The highest BCUT2D eigenvalue weighted by Crippen LogP contribution is 2.29. The molecule has 104 valence electrons. The van der Waals surface area contributed by atoms with Crippen molar-refractivity contribution in [3.8, 4) is 11.5 Å². The summed E-state index contributed by atoms with van der Waals surface area (Å²) < 4.78 is 10.9. The van der Waals surface area contributed by atoms with E-state index in [1.54, 1.807) is 50.7 Å². The highest BCUT2D eigenvalue weighted by molar-refractivity contribution is 9.10. The van der Waals surface area contributed by atoms with E-state index < -0.39 is 0 Å². The van der Waals surface area contributed by atoms with Gasteiger partial charge in [0.25, 0.3) is 5.91 Å². The lowest BCUT2D eigenvalue weighted by Crippen LogP contribution is -2.12. The van der Waals surface area contributed by atoms with Gasteiger partial charge in [-0.05, 0) is 40.2 Å². The van der Waals surface area contributed by atoms with E-state index in [0.29, 0.717) is 27.4 Å². The second-order valence-corrected chi connectivity index (χ2v) is 4.70. The van der Waals surface area contributed by atoms with Gasteiger partial charge in [0.1, 0.15) is 16.1 Å². The molecule has 0 unspecified atom stereocenters. The standard InChI is InChI=1S/C14H13BrN2O3/c1-19-10-3-4-12(20-2)11(8-10)17-14(18)9-5-6-16-13(15)7-9/h3-8H,1-2H3,(H,17,18). The number of anilines is 1. The van der Waals surface area contributed by atoms with Gasteiger partial charge in [0.2, 0.25) is 0 Å². The van der Waals surface area contributed by atoms with E-state index in [4.69, 9.17) is 9.47 Å². The Morgan fingerprint density at radius 2 is 2.00 bits per heavy atom. The molecule has 0 saturated carbocycles. The number of benzene rings is 1. The molecule has 6 heteroatoms. The van der Waals surface area contributed by atoms with Gasteiger partial charge in [-0.25, -0.2) is 4.98 Å². The summed E-state index contributed by atoms with van der Waals surface area (Å²) in [7, 11) is 3.11. The molecule has 5 nitrogen and oxygen atoms in total. The number of aromatic nitrogens is 1. The zero-order valence-electron chi connectivity index (χ0n) is 11.0. The van der Waals surface area contributed by atoms with E-state index in [9.17, 15) is 4.79 Å². The van der Waals surface area contributed by atoms with Gasteiger partial charge in [-0.3, -0.25) is 4.79 Å². The van der Waals surface area contributed by atoms with Crippen LogP contribution in [0.2, 0.25) is 0 Å². The van der Waals surface area contributed by atoms with E-state index in [0.717, 1.165) is 0 Å². The topological polar surface area (TPSA) is 60.5 Å². The van der Waals surface area contributed by atoms with Crippen LogP contribution >= 0.6 is 15.9 Å². The molecule has 2 rings (SSSR count). The summed E-state index contributed by atoms with van der Waals surface area (Å²) in [4.78, 5) is 16.2. The molecule has 1 amide bonds. The minimum atomic E-state index is -0.250. The highest BCUT2D eigenvalue weighted by atomic mass is 79.9. The Balaban J connectivity index is 2.27. The summed E-state index contributed by atoms with van der Waals surface area (Å²) in [6.45, 7) is 0. The molecule has 0 radical (unpaired) electrons. The molecule has 1 aromatic carbocycles. The summed E-state index contributed by atoms with van der Waals surface area (Å²) in [5.41, 5.74) is 1.04. The number of amides is 1. The molecule has 0 aliphatic heterocycles. The molecule has 1 N–H and O–H groups in total. The van der Waals surface area contributed by atoms with Crippen LogP contribution in [0, 0.1) is 0 Å². The maximum absolute atomic E-state index is 12.2. The second kappa shape index (κ2) is 6.38. The van der Waals surface area contributed by atoms with Crippen LogP contribution in [0.1, 0.15) is 10.4 Å². The predicted molar refractivity (Wildman–Crippen MR) is 79.4 cm³/mol. The predicted octanol–water partition coefficient (Wildman–Crippen LogP) is 3.11. The average molecular weight is 337 g/mol. The number of halogens is 1. The molecule has 0 aliphatic rings. The quantitative estimate of drug-likeness (QED) is 0.871. The van der Waals surface area contributed by atoms with Crippen molar-refractivity contribution in [1.82, 2.24) is 4.98 Å². The zero-order valence-corrected chi connectivity index (χ0v) is 12.6. The Bertz CT molecular complexity index is 632. The van der Waals surface area contributed by atoms with Crippen molar-refractivity contribution in [1.29, 1.82) is 0 Å². The minimum absolute atomic E-state index is 0.250.